The molecule has 0 unspecified atom stereocenters. The lowest BCUT2D eigenvalue weighted by Gasteiger charge is -2.31. The molecule has 0 aliphatic carbocycles. The second-order valence-corrected chi connectivity index (χ2v) is 10.1. The number of H-pyrrole nitrogens is 1. The molecule has 1 atom stereocenters. The first-order valence-corrected chi connectivity index (χ1v) is 13.1. The van der Waals surface area contributed by atoms with Crippen LogP contribution in [0.25, 0.3) is 44.1 Å². The fraction of sp³-hybridized carbons (Fsp3) is 0.194. The average Bonchev–Trinajstić information content (AvgIpc) is 3.70. The van der Waals surface area contributed by atoms with Gasteiger partial charge in [-0.25, -0.2) is 0 Å². The third-order valence-corrected chi connectivity index (χ3v) is 7.50. The van der Waals surface area contributed by atoms with E-state index in [9.17, 15) is 0 Å². The lowest BCUT2D eigenvalue weighted by Crippen LogP contribution is -2.39. The summed E-state index contributed by atoms with van der Waals surface area (Å²) >= 11 is 0. The predicted octanol–water partition coefficient (Wildman–Crippen LogP) is 6.95. The van der Waals surface area contributed by atoms with Gasteiger partial charge in [-0.15, -0.1) is 0 Å². The van der Waals surface area contributed by atoms with Crippen molar-refractivity contribution in [2.45, 2.75) is 19.4 Å². The van der Waals surface area contributed by atoms with Gasteiger partial charge in [-0.05, 0) is 74.0 Å². The fourth-order valence-corrected chi connectivity index (χ4v) is 5.49. The maximum atomic E-state index is 8.65. The van der Waals surface area contributed by atoms with Crippen molar-refractivity contribution in [1.82, 2.24) is 15.1 Å². The maximum absolute atomic E-state index is 8.65. The van der Waals surface area contributed by atoms with Crippen molar-refractivity contribution >= 4 is 44.6 Å². The van der Waals surface area contributed by atoms with Gasteiger partial charge >= 0.3 is 0 Å². The number of ether oxygens (including phenoxy) is 1. The van der Waals surface area contributed by atoms with E-state index in [1.54, 1.807) is 6.26 Å². The molecular formula is C31H27N5O3. The summed E-state index contributed by atoms with van der Waals surface area (Å²) in [5, 5.41) is 27.9. The molecule has 194 valence electrons. The lowest BCUT2D eigenvalue weighted by atomic mass is 9.97. The SMILES string of the molecule is N=C(OC(=N)[C@H]1CCCN(Cc2cc3ccccc3o2)C1)c1ccc2[nH]nc(-c3ccc4occc4c3)c2c1. The summed E-state index contributed by atoms with van der Waals surface area (Å²) in [7, 11) is 0. The van der Waals surface area contributed by atoms with Crippen molar-refractivity contribution in [2.75, 3.05) is 13.1 Å². The van der Waals surface area contributed by atoms with Crippen molar-refractivity contribution in [1.29, 1.82) is 10.8 Å². The number of nitrogens with zero attached hydrogens (tertiary/aromatic N) is 2. The van der Waals surface area contributed by atoms with Gasteiger partial charge in [-0.3, -0.25) is 20.8 Å². The molecule has 3 N–H and O–H groups in total. The molecule has 1 aliphatic rings. The van der Waals surface area contributed by atoms with E-state index in [0.717, 1.165) is 69.2 Å². The summed E-state index contributed by atoms with van der Waals surface area (Å²) in [6.45, 7) is 2.34. The van der Waals surface area contributed by atoms with E-state index >= 15 is 0 Å². The highest BCUT2D eigenvalue weighted by Crippen LogP contribution is 2.30. The van der Waals surface area contributed by atoms with Crippen LogP contribution in [-0.2, 0) is 11.3 Å². The Kier molecular flexibility index (Phi) is 5.74. The number of nitrogens with one attached hydrogen (secondary N) is 3. The number of aromatic nitrogens is 2. The zero-order valence-electron chi connectivity index (χ0n) is 21.2. The van der Waals surface area contributed by atoms with Crippen LogP contribution < -0.4 is 0 Å². The third kappa shape index (κ3) is 4.49. The number of furan rings is 2. The second kappa shape index (κ2) is 9.56. The molecule has 3 aromatic carbocycles. The molecule has 1 fully saturated rings. The maximum Gasteiger partial charge on any atom is 0.220 e. The Balaban J connectivity index is 1.05. The van der Waals surface area contributed by atoms with Crippen LogP contribution >= 0.6 is 0 Å². The Morgan fingerprint density at radius 3 is 2.82 bits per heavy atom. The Morgan fingerprint density at radius 2 is 1.90 bits per heavy atom. The summed E-state index contributed by atoms with van der Waals surface area (Å²) in [5.41, 5.74) is 4.95. The van der Waals surface area contributed by atoms with Gasteiger partial charge < -0.3 is 13.6 Å². The Hall–Kier alpha value is -4.69. The minimum Gasteiger partial charge on any atom is -0.464 e. The molecule has 8 heteroatoms. The monoisotopic (exact) mass is 517 g/mol. The summed E-state index contributed by atoms with van der Waals surface area (Å²) in [5.74, 6) is 0.951. The van der Waals surface area contributed by atoms with Gasteiger partial charge in [-0.1, -0.05) is 18.2 Å². The van der Waals surface area contributed by atoms with E-state index in [0.29, 0.717) is 18.7 Å². The summed E-state index contributed by atoms with van der Waals surface area (Å²) in [4.78, 5) is 2.30. The molecular weight excluding hydrogens is 490 g/mol. The topological polar surface area (TPSA) is 115 Å². The zero-order chi connectivity index (χ0) is 26.3. The van der Waals surface area contributed by atoms with E-state index in [1.807, 2.05) is 60.7 Å². The Morgan fingerprint density at radius 1 is 1.00 bits per heavy atom. The summed E-state index contributed by atoms with van der Waals surface area (Å²) in [6, 6.07) is 23.6. The largest absolute Gasteiger partial charge is 0.464 e. The number of aromatic amines is 1. The van der Waals surface area contributed by atoms with Crippen LogP contribution in [-0.4, -0.2) is 40.0 Å². The molecule has 1 aliphatic heterocycles. The highest BCUT2D eigenvalue weighted by molar-refractivity contribution is 6.04. The van der Waals surface area contributed by atoms with Gasteiger partial charge in [0.15, 0.2) is 5.90 Å². The average molecular weight is 518 g/mol. The number of para-hydroxylation sites is 1. The van der Waals surface area contributed by atoms with Gasteiger partial charge in [-0.2, -0.15) is 5.10 Å². The van der Waals surface area contributed by atoms with Gasteiger partial charge in [0.25, 0.3) is 0 Å². The van der Waals surface area contributed by atoms with E-state index < -0.39 is 0 Å². The quantitative estimate of drug-likeness (QED) is 0.169. The predicted molar refractivity (Wildman–Crippen MR) is 151 cm³/mol. The molecule has 7 rings (SSSR count). The standard InChI is InChI=1S/C31H27N5O3/c32-30(22-7-9-26-25(16-22)29(35-34-26)21-8-10-27-20(14-21)11-13-37-27)39-31(33)23-5-3-12-36(17-23)18-24-15-19-4-1-2-6-28(19)38-24/h1-2,4,6-11,13-16,23,32-33H,3,5,12,17-18H2,(H,34,35)/t23-/m0/s1. The highest BCUT2D eigenvalue weighted by atomic mass is 16.5. The number of fused-ring (bicyclic) bond motifs is 3. The van der Waals surface area contributed by atoms with Gasteiger partial charge in [0.05, 0.1) is 24.0 Å². The lowest BCUT2D eigenvalue weighted by molar-refractivity contribution is 0.176. The number of hydrogen-bond donors (Lipinski definition) is 3. The molecule has 0 spiro atoms. The molecule has 0 radical (unpaired) electrons. The van der Waals surface area contributed by atoms with Gasteiger partial charge in [0.2, 0.25) is 5.90 Å². The van der Waals surface area contributed by atoms with Crippen molar-refractivity contribution in [3.05, 3.63) is 90.4 Å². The first-order valence-electron chi connectivity index (χ1n) is 13.1. The van der Waals surface area contributed by atoms with E-state index in [1.165, 1.54) is 0 Å². The normalized spacial score (nSPS) is 16.3. The number of hydrogen-bond acceptors (Lipinski definition) is 7. The van der Waals surface area contributed by atoms with Crippen LogP contribution in [0, 0.1) is 16.7 Å². The minimum atomic E-state index is -0.0709. The summed E-state index contributed by atoms with van der Waals surface area (Å²) < 4.78 is 17.3. The molecule has 3 aromatic heterocycles. The molecule has 0 bridgehead atoms. The molecule has 39 heavy (non-hydrogen) atoms. The fourth-order valence-electron chi connectivity index (χ4n) is 5.49. The second-order valence-electron chi connectivity index (χ2n) is 10.1. The van der Waals surface area contributed by atoms with Crippen molar-refractivity contribution in [3.8, 4) is 11.3 Å². The Bertz CT molecular complexity index is 1810. The van der Waals surface area contributed by atoms with E-state index in [4.69, 9.17) is 24.4 Å². The first kappa shape index (κ1) is 23.4. The molecule has 1 saturated heterocycles. The van der Waals surface area contributed by atoms with E-state index in [-0.39, 0.29) is 17.7 Å². The molecule has 8 nitrogen and oxygen atoms in total. The minimum absolute atomic E-state index is 0.0336. The van der Waals surface area contributed by atoms with Gasteiger partial charge in [0, 0.05) is 39.7 Å². The number of likely N-dealkylation sites (tertiary alicyclic amines) is 1. The van der Waals surface area contributed by atoms with Crippen molar-refractivity contribution in [3.63, 3.8) is 0 Å². The van der Waals surface area contributed by atoms with Crippen molar-refractivity contribution < 1.29 is 13.6 Å². The first-order chi connectivity index (χ1) is 19.1. The van der Waals surface area contributed by atoms with Crippen LogP contribution in [0.4, 0.5) is 0 Å². The number of rotatable bonds is 5. The van der Waals surface area contributed by atoms with Crippen LogP contribution in [0.3, 0.4) is 0 Å². The van der Waals surface area contributed by atoms with Crippen LogP contribution in [0.2, 0.25) is 0 Å². The molecule has 0 amide bonds. The van der Waals surface area contributed by atoms with Crippen LogP contribution in [0.1, 0.15) is 24.2 Å². The molecule has 4 heterocycles. The number of piperidine rings is 1. The third-order valence-electron chi connectivity index (χ3n) is 7.50. The molecule has 6 aromatic rings. The smallest absolute Gasteiger partial charge is 0.220 e. The van der Waals surface area contributed by atoms with Gasteiger partial charge in [0.1, 0.15) is 16.9 Å². The number of benzene rings is 3. The zero-order valence-corrected chi connectivity index (χ0v) is 21.2. The highest BCUT2D eigenvalue weighted by Gasteiger charge is 2.26. The Labute approximate surface area is 224 Å². The molecule has 0 saturated carbocycles. The van der Waals surface area contributed by atoms with Crippen LogP contribution in [0.15, 0.2) is 87.9 Å². The van der Waals surface area contributed by atoms with Crippen LogP contribution in [0.5, 0.6) is 0 Å². The van der Waals surface area contributed by atoms with E-state index in [2.05, 4.69) is 27.2 Å². The summed E-state index contributed by atoms with van der Waals surface area (Å²) in [6.07, 6.45) is 3.51. The van der Waals surface area contributed by atoms with Crippen molar-refractivity contribution in [2.24, 2.45) is 5.92 Å².